The Morgan fingerprint density at radius 3 is 2.75 bits per heavy atom. The number of hydrogen-bond acceptors (Lipinski definition) is 2. The molecule has 1 saturated heterocycles. The Labute approximate surface area is 124 Å². The third-order valence-electron chi connectivity index (χ3n) is 4.59. The van der Waals surface area contributed by atoms with Crippen molar-refractivity contribution in [1.82, 2.24) is 15.5 Å². The summed E-state index contributed by atoms with van der Waals surface area (Å²) in [6.07, 6.45) is 6.60. The summed E-state index contributed by atoms with van der Waals surface area (Å²) in [4.78, 5) is 7.33. The number of piperidine rings is 1. The van der Waals surface area contributed by atoms with E-state index in [0.29, 0.717) is 6.04 Å². The lowest BCUT2D eigenvalue weighted by atomic mass is 10.0. The first-order chi connectivity index (χ1) is 9.70. The highest BCUT2D eigenvalue weighted by atomic mass is 15.2. The molecule has 3 atom stereocenters. The summed E-state index contributed by atoms with van der Waals surface area (Å²) >= 11 is 0. The highest BCUT2D eigenvalue weighted by Gasteiger charge is 2.33. The molecule has 3 unspecified atom stereocenters. The van der Waals surface area contributed by atoms with Crippen LogP contribution in [0.15, 0.2) is 4.99 Å². The lowest BCUT2D eigenvalue weighted by Crippen LogP contribution is -2.40. The number of rotatable bonds is 6. The van der Waals surface area contributed by atoms with Crippen molar-refractivity contribution in [3.63, 3.8) is 0 Å². The van der Waals surface area contributed by atoms with Crippen molar-refractivity contribution in [3.05, 3.63) is 0 Å². The topological polar surface area (TPSA) is 39.7 Å². The zero-order valence-electron chi connectivity index (χ0n) is 13.5. The minimum Gasteiger partial charge on any atom is -0.357 e. The third kappa shape index (κ3) is 4.97. The normalized spacial score (nSPS) is 31.1. The molecule has 0 amide bonds. The number of nitrogens with zero attached hydrogens (tertiary/aromatic N) is 2. The SMILES string of the molecule is CCNC(=NCCCN1CCCCC1C)NC1CC1C. The van der Waals surface area contributed by atoms with Crippen LogP contribution in [0.2, 0.25) is 0 Å². The van der Waals surface area contributed by atoms with Gasteiger partial charge in [0, 0.05) is 31.7 Å². The van der Waals surface area contributed by atoms with Crippen molar-refractivity contribution in [2.45, 2.75) is 65.0 Å². The predicted molar refractivity (Wildman–Crippen MR) is 86.2 cm³/mol. The van der Waals surface area contributed by atoms with Crippen LogP contribution in [0.5, 0.6) is 0 Å². The maximum absolute atomic E-state index is 4.71. The van der Waals surface area contributed by atoms with Crippen molar-refractivity contribution in [2.75, 3.05) is 26.2 Å². The van der Waals surface area contributed by atoms with Gasteiger partial charge in [-0.1, -0.05) is 13.3 Å². The molecule has 0 aromatic carbocycles. The van der Waals surface area contributed by atoms with E-state index in [-0.39, 0.29) is 0 Å². The van der Waals surface area contributed by atoms with Crippen LogP contribution in [0.3, 0.4) is 0 Å². The quantitative estimate of drug-likeness (QED) is 0.445. The van der Waals surface area contributed by atoms with Gasteiger partial charge in [-0.3, -0.25) is 4.99 Å². The molecule has 0 aromatic heterocycles. The Morgan fingerprint density at radius 2 is 2.10 bits per heavy atom. The van der Waals surface area contributed by atoms with E-state index in [9.17, 15) is 0 Å². The molecule has 2 aliphatic rings. The van der Waals surface area contributed by atoms with E-state index >= 15 is 0 Å². The summed E-state index contributed by atoms with van der Waals surface area (Å²) in [5.41, 5.74) is 0. The molecule has 20 heavy (non-hydrogen) atoms. The number of guanidine groups is 1. The molecule has 4 heteroatoms. The van der Waals surface area contributed by atoms with Crippen molar-refractivity contribution in [3.8, 4) is 0 Å². The molecule has 2 fully saturated rings. The molecule has 0 radical (unpaired) electrons. The monoisotopic (exact) mass is 280 g/mol. The molecule has 4 nitrogen and oxygen atoms in total. The summed E-state index contributed by atoms with van der Waals surface area (Å²) in [5, 5.41) is 6.86. The number of nitrogens with one attached hydrogen (secondary N) is 2. The molecule has 1 aliphatic heterocycles. The van der Waals surface area contributed by atoms with E-state index in [4.69, 9.17) is 4.99 Å². The van der Waals surface area contributed by atoms with Crippen LogP contribution in [-0.4, -0.2) is 49.1 Å². The zero-order valence-corrected chi connectivity index (χ0v) is 13.5. The molecule has 1 saturated carbocycles. The van der Waals surface area contributed by atoms with E-state index in [0.717, 1.165) is 31.0 Å². The Bertz CT molecular complexity index is 316. The fourth-order valence-electron chi connectivity index (χ4n) is 2.97. The predicted octanol–water partition coefficient (Wildman–Crippen LogP) is 2.21. The van der Waals surface area contributed by atoms with Gasteiger partial charge in [-0.2, -0.15) is 0 Å². The van der Waals surface area contributed by atoms with Gasteiger partial charge in [-0.05, 0) is 52.0 Å². The fourth-order valence-corrected chi connectivity index (χ4v) is 2.97. The second-order valence-corrected chi connectivity index (χ2v) is 6.46. The van der Waals surface area contributed by atoms with Crippen LogP contribution in [-0.2, 0) is 0 Å². The van der Waals surface area contributed by atoms with Gasteiger partial charge in [0.15, 0.2) is 5.96 Å². The Kier molecular flexibility index (Phi) is 6.14. The first-order valence-electron chi connectivity index (χ1n) is 8.49. The Hall–Kier alpha value is -0.770. The van der Waals surface area contributed by atoms with Crippen LogP contribution in [0.25, 0.3) is 0 Å². The van der Waals surface area contributed by atoms with Crippen LogP contribution in [0.4, 0.5) is 0 Å². The van der Waals surface area contributed by atoms with Gasteiger partial charge in [0.05, 0.1) is 0 Å². The van der Waals surface area contributed by atoms with Crippen LogP contribution < -0.4 is 10.6 Å². The summed E-state index contributed by atoms with van der Waals surface area (Å²) in [5.74, 6) is 1.82. The van der Waals surface area contributed by atoms with E-state index in [1.165, 1.54) is 45.2 Å². The molecular weight excluding hydrogens is 248 g/mol. The molecular formula is C16H32N4. The van der Waals surface area contributed by atoms with Crippen molar-refractivity contribution in [2.24, 2.45) is 10.9 Å². The molecule has 1 heterocycles. The van der Waals surface area contributed by atoms with Gasteiger partial charge in [0.1, 0.15) is 0 Å². The molecule has 1 aliphatic carbocycles. The van der Waals surface area contributed by atoms with Gasteiger partial charge in [0.2, 0.25) is 0 Å². The summed E-state index contributed by atoms with van der Waals surface area (Å²) in [6.45, 7) is 11.1. The van der Waals surface area contributed by atoms with Crippen LogP contribution in [0.1, 0.15) is 52.9 Å². The first kappa shape index (κ1) is 15.6. The average Bonchev–Trinajstić information content (AvgIpc) is 3.12. The first-order valence-corrected chi connectivity index (χ1v) is 8.49. The number of likely N-dealkylation sites (tertiary alicyclic amines) is 1. The highest BCUT2D eigenvalue weighted by Crippen LogP contribution is 2.28. The van der Waals surface area contributed by atoms with E-state index in [2.05, 4.69) is 36.3 Å². The summed E-state index contributed by atoms with van der Waals surface area (Å²) in [6, 6.07) is 1.42. The highest BCUT2D eigenvalue weighted by molar-refractivity contribution is 5.80. The lowest BCUT2D eigenvalue weighted by molar-refractivity contribution is 0.160. The molecule has 116 valence electrons. The standard InChI is InChI=1S/C16H32N4/c1-4-17-16(19-15-12-13(15)2)18-9-7-11-20-10-6-5-8-14(20)3/h13-15H,4-12H2,1-3H3,(H2,17,18,19). The molecule has 0 aromatic rings. The smallest absolute Gasteiger partial charge is 0.191 e. The van der Waals surface area contributed by atoms with Gasteiger partial charge in [-0.15, -0.1) is 0 Å². The molecule has 0 bridgehead atoms. The fraction of sp³-hybridized carbons (Fsp3) is 0.938. The maximum atomic E-state index is 4.71. The largest absolute Gasteiger partial charge is 0.357 e. The maximum Gasteiger partial charge on any atom is 0.191 e. The van der Waals surface area contributed by atoms with E-state index in [1.54, 1.807) is 0 Å². The second-order valence-electron chi connectivity index (χ2n) is 6.46. The minimum atomic E-state index is 0.648. The van der Waals surface area contributed by atoms with Crippen molar-refractivity contribution < 1.29 is 0 Å². The molecule has 2 N–H and O–H groups in total. The van der Waals surface area contributed by atoms with Crippen molar-refractivity contribution >= 4 is 5.96 Å². The second kappa shape index (κ2) is 7.87. The molecule has 2 rings (SSSR count). The van der Waals surface area contributed by atoms with Gasteiger partial charge >= 0.3 is 0 Å². The number of aliphatic imine (C=N–C) groups is 1. The Morgan fingerprint density at radius 1 is 1.30 bits per heavy atom. The number of hydrogen-bond donors (Lipinski definition) is 2. The van der Waals surface area contributed by atoms with Crippen LogP contribution in [0, 0.1) is 5.92 Å². The van der Waals surface area contributed by atoms with Gasteiger partial charge in [0.25, 0.3) is 0 Å². The van der Waals surface area contributed by atoms with Gasteiger partial charge in [-0.25, -0.2) is 0 Å². The van der Waals surface area contributed by atoms with E-state index < -0.39 is 0 Å². The third-order valence-corrected chi connectivity index (χ3v) is 4.59. The minimum absolute atomic E-state index is 0.648. The summed E-state index contributed by atoms with van der Waals surface area (Å²) < 4.78 is 0. The molecule has 0 spiro atoms. The van der Waals surface area contributed by atoms with Crippen molar-refractivity contribution in [1.29, 1.82) is 0 Å². The lowest BCUT2D eigenvalue weighted by Gasteiger charge is -2.33. The van der Waals surface area contributed by atoms with Gasteiger partial charge < -0.3 is 15.5 Å². The van der Waals surface area contributed by atoms with E-state index in [1.807, 2.05) is 0 Å². The average molecular weight is 280 g/mol. The zero-order chi connectivity index (χ0) is 14.4. The van der Waals surface area contributed by atoms with Crippen LogP contribution >= 0.6 is 0 Å². The summed E-state index contributed by atoms with van der Waals surface area (Å²) in [7, 11) is 0. The Balaban J connectivity index is 1.66.